The number of pyridine rings is 1. The SMILES string of the molecule is COC(=S)c1cc(-c2cccc(Br)n2)c(C)s1. The highest BCUT2D eigenvalue weighted by atomic mass is 79.9. The van der Waals surface area contributed by atoms with E-state index in [1.54, 1.807) is 18.4 Å². The van der Waals surface area contributed by atoms with Gasteiger partial charge in [0.15, 0.2) is 0 Å². The first-order chi connectivity index (χ1) is 8.11. The van der Waals surface area contributed by atoms with Crippen molar-refractivity contribution in [3.05, 3.63) is 38.6 Å². The van der Waals surface area contributed by atoms with E-state index in [-0.39, 0.29) is 0 Å². The molecule has 0 spiro atoms. The Morgan fingerprint density at radius 1 is 1.47 bits per heavy atom. The molecular weight excluding hydrogens is 318 g/mol. The summed E-state index contributed by atoms with van der Waals surface area (Å²) >= 11 is 10.1. The van der Waals surface area contributed by atoms with Gasteiger partial charge in [-0.05, 0) is 53.3 Å². The van der Waals surface area contributed by atoms with Crippen LogP contribution in [0.15, 0.2) is 28.9 Å². The molecule has 2 nitrogen and oxygen atoms in total. The molecule has 2 aromatic rings. The summed E-state index contributed by atoms with van der Waals surface area (Å²) in [6.45, 7) is 2.06. The maximum absolute atomic E-state index is 5.13. The molecule has 0 aromatic carbocycles. The van der Waals surface area contributed by atoms with Gasteiger partial charge in [-0.2, -0.15) is 0 Å². The van der Waals surface area contributed by atoms with Crippen LogP contribution in [0.5, 0.6) is 0 Å². The van der Waals surface area contributed by atoms with Crippen molar-refractivity contribution in [2.24, 2.45) is 0 Å². The van der Waals surface area contributed by atoms with Crippen LogP contribution in [-0.4, -0.2) is 17.1 Å². The Labute approximate surface area is 118 Å². The predicted molar refractivity (Wildman–Crippen MR) is 78.7 cm³/mol. The van der Waals surface area contributed by atoms with Crippen LogP contribution in [0.3, 0.4) is 0 Å². The van der Waals surface area contributed by atoms with Gasteiger partial charge < -0.3 is 4.74 Å². The number of hydrogen-bond acceptors (Lipinski definition) is 4. The van der Waals surface area contributed by atoms with Gasteiger partial charge in [-0.15, -0.1) is 11.3 Å². The summed E-state index contributed by atoms with van der Waals surface area (Å²) in [4.78, 5) is 6.60. The summed E-state index contributed by atoms with van der Waals surface area (Å²) in [5.41, 5.74) is 2.05. The average molecular weight is 328 g/mol. The molecule has 0 fully saturated rings. The van der Waals surface area contributed by atoms with Gasteiger partial charge in [-0.25, -0.2) is 4.98 Å². The maximum Gasteiger partial charge on any atom is 0.201 e. The molecule has 0 aliphatic heterocycles. The van der Waals surface area contributed by atoms with Crippen LogP contribution in [0.4, 0.5) is 0 Å². The quantitative estimate of drug-likeness (QED) is 0.609. The second-order valence-corrected chi connectivity index (χ2v) is 5.86. The largest absolute Gasteiger partial charge is 0.486 e. The number of halogens is 1. The zero-order valence-corrected chi connectivity index (χ0v) is 12.6. The van der Waals surface area contributed by atoms with Crippen LogP contribution >= 0.6 is 39.5 Å². The molecule has 0 amide bonds. The van der Waals surface area contributed by atoms with Crippen LogP contribution < -0.4 is 0 Å². The number of ether oxygens (including phenoxy) is 1. The number of methoxy groups -OCH3 is 1. The fourth-order valence-electron chi connectivity index (χ4n) is 1.50. The molecule has 5 heteroatoms. The van der Waals surface area contributed by atoms with E-state index in [4.69, 9.17) is 17.0 Å². The first-order valence-corrected chi connectivity index (χ1v) is 6.95. The fraction of sp³-hybridized carbons (Fsp3) is 0.167. The molecule has 0 aliphatic rings. The average Bonchev–Trinajstić information content (AvgIpc) is 2.70. The number of nitrogens with zero attached hydrogens (tertiary/aromatic N) is 1. The lowest BCUT2D eigenvalue weighted by Crippen LogP contribution is -1.95. The van der Waals surface area contributed by atoms with Crippen molar-refractivity contribution in [2.45, 2.75) is 6.92 Å². The normalized spacial score (nSPS) is 10.3. The lowest BCUT2D eigenvalue weighted by Gasteiger charge is -1.99. The van der Waals surface area contributed by atoms with Crippen LogP contribution in [0.25, 0.3) is 11.3 Å². The summed E-state index contributed by atoms with van der Waals surface area (Å²) in [6.07, 6.45) is 0. The van der Waals surface area contributed by atoms with E-state index in [1.165, 1.54) is 4.88 Å². The molecule has 0 saturated heterocycles. The van der Waals surface area contributed by atoms with Crippen molar-refractivity contribution in [2.75, 3.05) is 7.11 Å². The van der Waals surface area contributed by atoms with Crippen LogP contribution in [0, 0.1) is 6.92 Å². The van der Waals surface area contributed by atoms with Crippen LogP contribution in [-0.2, 0) is 4.74 Å². The van der Waals surface area contributed by atoms with Crippen molar-refractivity contribution in [3.63, 3.8) is 0 Å². The van der Waals surface area contributed by atoms with Crippen LogP contribution in [0.2, 0.25) is 0 Å². The summed E-state index contributed by atoms with van der Waals surface area (Å²) in [5, 5.41) is 0.527. The summed E-state index contributed by atoms with van der Waals surface area (Å²) in [5.74, 6) is 0. The molecule has 0 radical (unpaired) electrons. The molecule has 2 aromatic heterocycles. The Hall–Kier alpha value is -0.780. The van der Waals surface area contributed by atoms with E-state index in [0.717, 1.165) is 20.7 Å². The van der Waals surface area contributed by atoms with E-state index < -0.39 is 0 Å². The molecule has 0 N–H and O–H groups in total. The fourth-order valence-corrected chi connectivity index (χ4v) is 2.97. The molecule has 0 atom stereocenters. The van der Waals surface area contributed by atoms with Crippen molar-refractivity contribution in [1.82, 2.24) is 4.98 Å². The second kappa shape index (κ2) is 5.25. The van der Waals surface area contributed by atoms with E-state index >= 15 is 0 Å². The van der Waals surface area contributed by atoms with Gasteiger partial charge in [0.05, 0.1) is 17.7 Å². The molecule has 0 saturated carbocycles. The highest BCUT2D eigenvalue weighted by molar-refractivity contribution is 9.10. The van der Waals surface area contributed by atoms with E-state index in [9.17, 15) is 0 Å². The number of rotatable bonds is 2. The maximum atomic E-state index is 5.13. The lowest BCUT2D eigenvalue weighted by atomic mass is 10.1. The summed E-state index contributed by atoms with van der Waals surface area (Å²) < 4.78 is 5.91. The number of aryl methyl sites for hydroxylation is 1. The van der Waals surface area contributed by atoms with Gasteiger partial charge in [0.2, 0.25) is 5.05 Å². The Bertz CT molecular complexity index is 565. The lowest BCUT2D eigenvalue weighted by molar-refractivity contribution is 0.417. The smallest absolute Gasteiger partial charge is 0.201 e. The molecule has 17 heavy (non-hydrogen) atoms. The van der Waals surface area contributed by atoms with Gasteiger partial charge >= 0.3 is 0 Å². The highest BCUT2D eigenvalue weighted by Gasteiger charge is 2.12. The van der Waals surface area contributed by atoms with Gasteiger partial charge in [0, 0.05) is 10.4 Å². The molecule has 0 bridgehead atoms. The Balaban J connectivity index is 2.46. The Morgan fingerprint density at radius 3 is 2.88 bits per heavy atom. The van der Waals surface area contributed by atoms with Gasteiger partial charge in [-0.1, -0.05) is 6.07 Å². The molecule has 2 heterocycles. The molecule has 0 aliphatic carbocycles. The third kappa shape index (κ3) is 2.73. The highest BCUT2D eigenvalue weighted by Crippen LogP contribution is 2.31. The van der Waals surface area contributed by atoms with Crippen molar-refractivity contribution < 1.29 is 4.74 Å². The Morgan fingerprint density at radius 2 is 2.24 bits per heavy atom. The number of thiophene rings is 1. The van der Waals surface area contributed by atoms with Gasteiger partial charge in [0.1, 0.15) is 4.60 Å². The standard InChI is InChI=1S/C12H10BrNOS2/c1-7-8(6-10(17-7)12(16)15-2)9-4-3-5-11(13)14-9/h3-6H,1-2H3. The van der Waals surface area contributed by atoms with E-state index in [2.05, 4.69) is 27.8 Å². The monoisotopic (exact) mass is 327 g/mol. The third-order valence-electron chi connectivity index (χ3n) is 2.30. The molecule has 0 unspecified atom stereocenters. The summed E-state index contributed by atoms with van der Waals surface area (Å²) in [7, 11) is 1.59. The topological polar surface area (TPSA) is 22.1 Å². The predicted octanol–water partition coefficient (Wildman–Crippen LogP) is 4.20. The molecule has 2 rings (SSSR count). The van der Waals surface area contributed by atoms with Gasteiger partial charge in [0.25, 0.3) is 0 Å². The summed E-state index contributed by atoms with van der Waals surface area (Å²) in [6, 6.07) is 7.89. The van der Waals surface area contributed by atoms with Gasteiger partial charge in [-0.3, -0.25) is 0 Å². The van der Waals surface area contributed by atoms with Crippen molar-refractivity contribution >= 4 is 44.5 Å². The zero-order chi connectivity index (χ0) is 12.4. The minimum absolute atomic E-state index is 0.527. The molecular formula is C12H10BrNOS2. The number of hydrogen-bond donors (Lipinski definition) is 0. The number of aromatic nitrogens is 1. The zero-order valence-electron chi connectivity index (χ0n) is 9.36. The molecule has 88 valence electrons. The van der Waals surface area contributed by atoms with Crippen LogP contribution in [0.1, 0.15) is 9.75 Å². The minimum Gasteiger partial charge on any atom is -0.486 e. The Kier molecular flexibility index (Phi) is 3.91. The first kappa shape index (κ1) is 12.7. The number of thiocarbonyl (C=S) groups is 1. The first-order valence-electron chi connectivity index (χ1n) is 4.93. The third-order valence-corrected chi connectivity index (χ3v) is 4.30. The van der Waals surface area contributed by atoms with E-state index in [0.29, 0.717) is 5.05 Å². The second-order valence-electron chi connectivity index (χ2n) is 3.42. The minimum atomic E-state index is 0.527. The van der Waals surface area contributed by atoms with E-state index in [1.807, 2.05) is 24.3 Å². The van der Waals surface area contributed by atoms with Crippen molar-refractivity contribution in [3.8, 4) is 11.3 Å². The van der Waals surface area contributed by atoms with Crippen molar-refractivity contribution in [1.29, 1.82) is 0 Å².